The van der Waals surface area contributed by atoms with Crippen LogP contribution in [0.5, 0.6) is 11.5 Å². The third kappa shape index (κ3) is 2.97. The molecular formula is C24H16O6S. The van der Waals surface area contributed by atoms with Gasteiger partial charge in [0.05, 0.1) is 45.9 Å². The average molecular weight is 432 g/mol. The molecule has 0 saturated heterocycles. The average Bonchev–Trinajstić information content (AvgIpc) is 2.81. The number of fused-ring (bicyclic) bond motifs is 6. The molecule has 5 rings (SSSR count). The molecule has 4 aromatic rings. The molecule has 0 atom stereocenters. The lowest BCUT2D eigenvalue weighted by Gasteiger charge is -2.22. The van der Waals surface area contributed by atoms with Gasteiger partial charge in [-0.1, -0.05) is 24.3 Å². The number of carbonyl (C=O) groups excluding carboxylic acids is 2. The zero-order valence-corrected chi connectivity index (χ0v) is 17.4. The van der Waals surface area contributed by atoms with Crippen LogP contribution in [0.25, 0.3) is 21.5 Å². The van der Waals surface area contributed by atoms with Crippen molar-refractivity contribution >= 4 is 44.3 Å². The minimum Gasteiger partial charge on any atom is -0.465 e. The molecule has 0 unspecified atom stereocenters. The van der Waals surface area contributed by atoms with E-state index in [1.54, 1.807) is 48.5 Å². The maximum atomic E-state index is 13.7. The Bertz CT molecular complexity index is 1330. The van der Waals surface area contributed by atoms with E-state index >= 15 is 0 Å². The molecule has 1 aliphatic rings. The minimum absolute atomic E-state index is 0.415. The summed E-state index contributed by atoms with van der Waals surface area (Å²) in [5.41, 5.74) is 0.831. The molecule has 1 aliphatic heterocycles. The second-order valence-electron chi connectivity index (χ2n) is 7.01. The Morgan fingerprint density at radius 3 is 1.58 bits per heavy atom. The third-order valence-electron chi connectivity index (χ3n) is 5.30. The Morgan fingerprint density at radius 1 is 0.710 bits per heavy atom. The summed E-state index contributed by atoms with van der Waals surface area (Å²) in [6, 6.07) is 17.4. The van der Waals surface area contributed by atoms with E-state index in [2.05, 4.69) is 0 Å². The Kier molecular flexibility index (Phi) is 4.48. The number of hydrogen-bond donors (Lipinski definition) is 0. The summed E-state index contributed by atoms with van der Waals surface area (Å²) < 4.78 is 29.4. The van der Waals surface area contributed by atoms with E-state index in [1.807, 2.05) is 12.1 Å². The van der Waals surface area contributed by atoms with Crippen molar-refractivity contribution in [2.75, 3.05) is 14.2 Å². The molecule has 0 bridgehead atoms. The summed E-state index contributed by atoms with van der Waals surface area (Å²) >= 11 is 0. The van der Waals surface area contributed by atoms with Crippen LogP contribution in [0.3, 0.4) is 0 Å². The number of ether oxygens (including phenoxy) is 3. The molecule has 0 aliphatic carbocycles. The fourth-order valence-corrected chi connectivity index (χ4v) is 5.38. The van der Waals surface area contributed by atoms with Gasteiger partial charge < -0.3 is 14.2 Å². The van der Waals surface area contributed by atoms with E-state index in [0.717, 1.165) is 21.5 Å². The first-order chi connectivity index (χ1) is 15.0. The molecule has 31 heavy (non-hydrogen) atoms. The van der Waals surface area contributed by atoms with E-state index < -0.39 is 22.7 Å². The maximum Gasteiger partial charge on any atom is 0.337 e. The molecule has 7 heteroatoms. The summed E-state index contributed by atoms with van der Waals surface area (Å²) in [5.74, 6) is 0.147. The van der Waals surface area contributed by atoms with Gasteiger partial charge in [-0.2, -0.15) is 0 Å². The molecule has 0 aromatic heterocycles. The van der Waals surface area contributed by atoms with Crippen molar-refractivity contribution in [1.82, 2.24) is 0 Å². The highest BCUT2D eigenvalue weighted by atomic mass is 32.2. The van der Waals surface area contributed by atoms with Crippen LogP contribution >= 0.6 is 0 Å². The molecule has 0 saturated carbocycles. The van der Waals surface area contributed by atoms with E-state index in [-0.39, 0.29) is 0 Å². The number of rotatable bonds is 2. The van der Waals surface area contributed by atoms with Crippen LogP contribution in [0.2, 0.25) is 0 Å². The summed E-state index contributed by atoms with van der Waals surface area (Å²) in [4.78, 5) is 24.8. The van der Waals surface area contributed by atoms with Crippen molar-refractivity contribution in [1.29, 1.82) is 0 Å². The van der Waals surface area contributed by atoms with Crippen LogP contribution < -0.4 is 4.74 Å². The van der Waals surface area contributed by atoms with Crippen LogP contribution in [-0.4, -0.2) is 30.4 Å². The second-order valence-corrected chi connectivity index (χ2v) is 8.37. The first kappa shape index (κ1) is 19.3. The molecule has 4 aromatic carbocycles. The van der Waals surface area contributed by atoms with E-state index in [4.69, 9.17) is 14.2 Å². The minimum atomic E-state index is -1.53. The molecule has 6 nitrogen and oxygen atoms in total. The fourth-order valence-electron chi connectivity index (χ4n) is 3.82. The smallest absolute Gasteiger partial charge is 0.337 e. The number of benzene rings is 4. The van der Waals surface area contributed by atoms with Crippen molar-refractivity contribution in [3.8, 4) is 11.5 Å². The van der Waals surface area contributed by atoms with Crippen LogP contribution in [0.4, 0.5) is 0 Å². The van der Waals surface area contributed by atoms with Gasteiger partial charge in [-0.05, 0) is 47.2 Å². The summed E-state index contributed by atoms with van der Waals surface area (Å²) in [6.07, 6.45) is 0. The topological polar surface area (TPSA) is 78.9 Å². The highest BCUT2D eigenvalue weighted by molar-refractivity contribution is 7.86. The fraction of sp³-hybridized carbons (Fsp3) is 0.0833. The van der Waals surface area contributed by atoms with Crippen molar-refractivity contribution in [2.45, 2.75) is 9.79 Å². The molecule has 0 amide bonds. The Labute approximate surface area is 179 Å². The SMILES string of the molecule is COC(=O)c1ccc2c3c(ccc2c1)Oc1ccc2cc(C(=O)OC)ccc2c1S3=O. The summed E-state index contributed by atoms with van der Waals surface area (Å²) in [6.45, 7) is 0. The van der Waals surface area contributed by atoms with Gasteiger partial charge in [0, 0.05) is 10.8 Å². The van der Waals surface area contributed by atoms with E-state index in [1.165, 1.54) is 14.2 Å². The van der Waals surface area contributed by atoms with Gasteiger partial charge in [-0.15, -0.1) is 0 Å². The standard InChI is InChI=1S/C24H16O6S/c1-28-23(25)15-3-7-17-13(11-15)5-9-19-21(17)31(27)22-18-8-4-16(24(26)29-2)12-14(18)6-10-20(22)30-19/h3-12H,1-2H3. The van der Waals surface area contributed by atoms with Gasteiger partial charge in [0.15, 0.2) is 0 Å². The van der Waals surface area contributed by atoms with Gasteiger partial charge in [-0.25, -0.2) is 13.8 Å². The normalized spacial score (nSPS) is 12.7. The lowest BCUT2D eigenvalue weighted by atomic mass is 10.1. The van der Waals surface area contributed by atoms with Crippen LogP contribution in [-0.2, 0) is 20.3 Å². The Morgan fingerprint density at radius 2 is 1.16 bits per heavy atom. The number of methoxy groups -OCH3 is 2. The van der Waals surface area contributed by atoms with Crippen molar-refractivity contribution in [2.24, 2.45) is 0 Å². The summed E-state index contributed by atoms with van der Waals surface area (Å²) in [7, 11) is 1.12. The molecule has 0 radical (unpaired) electrons. The third-order valence-corrected chi connectivity index (χ3v) is 6.89. The van der Waals surface area contributed by atoms with Gasteiger partial charge in [0.2, 0.25) is 0 Å². The first-order valence-electron chi connectivity index (χ1n) is 9.41. The molecule has 0 fully saturated rings. The Balaban J connectivity index is 1.70. The highest BCUT2D eigenvalue weighted by Gasteiger charge is 2.28. The zero-order valence-electron chi connectivity index (χ0n) is 16.6. The van der Waals surface area contributed by atoms with Crippen LogP contribution in [0, 0.1) is 0 Å². The molecule has 0 spiro atoms. The number of esters is 2. The maximum absolute atomic E-state index is 13.7. The van der Waals surface area contributed by atoms with Gasteiger partial charge in [0.25, 0.3) is 0 Å². The zero-order chi connectivity index (χ0) is 21.7. The van der Waals surface area contributed by atoms with Gasteiger partial charge in [0.1, 0.15) is 11.5 Å². The van der Waals surface area contributed by atoms with Gasteiger partial charge in [-0.3, -0.25) is 0 Å². The first-order valence-corrected chi connectivity index (χ1v) is 10.6. The quantitative estimate of drug-likeness (QED) is 0.372. The monoisotopic (exact) mass is 432 g/mol. The molecule has 1 heterocycles. The number of carbonyl (C=O) groups is 2. The molecular weight excluding hydrogens is 416 g/mol. The number of hydrogen-bond acceptors (Lipinski definition) is 6. The van der Waals surface area contributed by atoms with Crippen LogP contribution in [0.1, 0.15) is 20.7 Å². The molecule has 154 valence electrons. The van der Waals surface area contributed by atoms with E-state index in [0.29, 0.717) is 32.4 Å². The lowest BCUT2D eigenvalue weighted by molar-refractivity contribution is 0.0592. The van der Waals surface area contributed by atoms with Crippen molar-refractivity contribution in [3.63, 3.8) is 0 Å². The highest BCUT2D eigenvalue weighted by Crippen LogP contribution is 2.46. The summed E-state index contributed by atoms with van der Waals surface area (Å²) in [5, 5.41) is 2.99. The predicted octanol–water partition coefficient (Wildman–Crippen LogP) is 4.84. The lowest BCUT2D eigenvalue weighted by Crippen LogP contribution is -2.08. The second kappa shape index (κ2) is 7.21. The van der Waals surface area contributed by atoms with Crippen molar-refractivity contribution < 1.29 is 28.0 Å². The van der Waals surface area contributed by atoms with Crippen molar-refractivity contribution in [3.05, 3.63) is 71.8 Å². The van der Waals surface area contributed by atoms with Crippen LogP contribution in [0.15, 0.2) is 70.5 Å². The largest absolute Gasteiger partial charge is 0.465 e. The Hall–Kier alpha value is -3.71. The molecule has 0 N–H and O–H groups in total. The predicted molar refractivity (Wildman–Crippen MR) is 115 cm³/mol. The van der Waals surface area contributed by atoms with E-state index in [9.17, 15) is 13.8 Å². The van der Waals surface area contributed by atoms with Gasteiger partial charge >= 0.3 is 11.9 Å².